The van der Waals surface area contributed by atoms with Crippen LogP contribution in [0.5, 0.6) is 0 Å². The highest BCUT2D eigenvalue weighted by Gasteiger charge is 2.29. The molecule has 0 aromatic heterocycles. The first kappa shape index (κ1) is 20.8. The highest BCUT2D eigenvalue weighted by atomic mass is 19.4. The first-order valence-corrected chi connectivity index (χ1v) is 8.99. The van der Waals surface area contributed by atoms with Crippen LogP contribution in [0.1, 0.15) is 12.8 Å². The van der Waals surface area contributed by atoms with Gasteiger partial charge in [-0.2, -0.15) is 13.2 Å². The Morgan fingerprint density at radius 1 is 1.23 bits per heavy atom. The minimum absolute atomic E-state index is 0.0798. The van der Waals surface area contributed by atoms with Crippen LogP contribution in [-0.2, 0) is 4.79 Å². The highest BCUT2D eigenvalue weighted by molar-refractivity contribution is 5.80. The van der Waals surface area contributed by atoms with Gasteiger partial charge in [-0.3, -0.25) is 19.6 Å². The number of hydrogen-bond donors (Lipinski definition) is 2. The predicted octanol–water partition coefficient (Wildman–Crippen LogP) is -0.0479. The predicted molar refractivity (Wildman–Crippen MR) is 94.1 cm³/mol. The average Bonchev–Trinajstić information content (AvgIpc) is 3.34. The van der Waals surface area contributed by atoms with E-state index < -0.39 is 12.7 Å². The van der Waals surface area contributed by atoms with Crippen LogP contribution in [0.3, 0.4) is 0 Å². The van der Waals surface area contributed by atoms with E-state index in [4.69, 9.17) is 0 Å². The summed E-state index contributed by atoms with van der Waals surface area (Å²) < 4.78 is 37.0. The molecule has 150 valence electrons. The Hall–Kier alpha value is -1.55. The lowest BCUT2D eigenvalue weighted by molar-refractivity contribution is -0.142. The molecule has 7 nitrogen and oxygen atoms in total. The van der Waals surface area contributed by atoms with Crippen molar-refractivity contribution in [2.24, 2.45) is 4.99 Å². The summed E-state index contributed by atoms with van der Waals surface area (Å²) in [4.78, 5) is 21.5. The Morgan fingerprint density at radius 3 is 2.42 bits per heavy atom. The Kier molecular flexibility index (Phi) is 7.51. The molecule has 1 heterocycles. The van der Waals surface area contributed by atoms with Crippen LogP contribution in [0, 0.1) is 0 Å². The summed E-state index contributed by atoms with van der Waals surface area (Å²) in [5.41, 5.74) is 0. The molecule has 1 amide bonds. The van der Waals surface area contributed by atoms with E-state index in [1.54, 1.807) is 7.05 Å². The molecule has 1 aliphatic heterocycles. The molecule has 2 rings (SSSR count). The lowest BCUT2D eigenvalue weighted by Crippen LogP contribution is -2.54. The van der Waals surface area contributed by atoms with E-state index in [1.807, 2.05) is 0 Å². The molecule has 2 aliphatic rings. The first-order valence-electron chi connectivity index (χ1n) is 8.99. The number of guanidine groups is 1. The molecule has 1 saturated heterocycles. The van der Waals surface area contributed by atoms with Crippen molar-refractivity contribution in [2.45, 2.75) is 25.1 Å². The summed E-state index contributed by atoms with van der Waals surface area (Å²) >= 11 is 0. The van der Waals surface area contributed by atoms with Gasteiger partial charge < -0.3 is 15.5 Å². The summed E-state index contributed by atoms with van der Waals surface area (Å²) in [6.45, 7) is 3.14. The number of alkyl halides is 3. The number of hydrogen-bond acceptors (Lipinski definition) is 4. The molecule has 2 fully saturated rings. The monoisotopic (exact) mass is 378 g/mol. The molecule has 1 aliphatic carbocycles. The molecule has 1 saturated carbocycles. The van der Waals surface area contributed by atoms with E-state index in [9.17, 15) is 18.0 Å². The lowest BCUT2D eigenvalue weighted by Gasteiger charge is -2.36. The molecule has 0 bridgehead atoms. The number of carbonyl (C=O) groups is 1. The Balaban J connectivity index is 1.65. The lowest BCUT2D eigenvalue weighted by atomic mass is 10.3. The second-order valence-corrected chi connectivity index (χ2v) is 6.93. The van der Waals surface area contributed by atoms with Gasteiger partial charge in [0.1, 0.15) is 0 Å². The second-order valence-electron chi connectivity index (χ2n) is 6.93. The van der Waals surface area contributed by atoms with Crippen molar-refractivity contribution in [3.8, 4) is 0 Å². The first-order chi connectivity index (χ1) is 12.3. The summed E-state index contributed by atoms with van der Waals surface area (Å²) in [5, 5.41) is 6.10. The third kappa shape index (κ3) is 7.77. The van der Waals surface area contributed by atoms with Gasteiger partial charge in [0.15, 0.2) is 5.96 Å². The third-order valence-electron chi connectivity index (χ3n) is 4.42. The van der Waals surface area contributed by atoms with Crippen LogP contribution in [0.15, 0.2) is 4.99 Å². The smallest absolute Gasteiger partial charge is 0.355 e. The van der Waals surface area contributed by atoms with Gasteiger partial charge in [-0.25, -0.2) is 0 Å². The van der Waals surface area contributed by atoms with Gasteiger partial charge in [-0.05, 0) is 19.9 Å². The molecular formula is C16H29F3N6O. The number of rotatable bonds is 7. The van der Waals surface area contributed by atoms with Gasteiger partial charge in [0.25, 0.3) is 0 Å². The molecular weight excluding hydrogens is 349 g/mol. The van der Waals surface area contributed by atoms with Crippen molar-refractivity contribution in [1.29, 1.82) is 0 Å². The van der Waals surface area contributed by atoms with E-state index >= 15 is 0 Å². The number of carbonyl (C=O) groups excluding carboxylic acids is 1. The number of aliphatic imine (C=N–C) groups is 1. The van der Waals surface area contributed by atoms with Gasteiger partial charge in [-0.1, -0.05) is 0 Å². The Labute approximate surface area is 152 Å². The number of nitrogens with zero attached hydrogens (tertiary/aromatic N) is 4. The van der Waals surface area contributed by atoms with Crippen molar-refractivity contribution in [1.82, 2.24) is 25.3 Å². The van der Waals surface area contributed by atoms with Crippen LogP contribution >= 0.6 is 0 Å². The van der Waals surface area contributed by atoms with Crippen LogP contribution in [0.4, 0.5) is 13.2 Å². The maximum absolute atomic E-state index is 12.3. The molecule has 0 aromatic rings. The van der Waals surface area contributed by atoms with Crippen molar-refractivity contribution in [3.05, 3.63) is 0 Å². The summed E-state index contributed by atoms with van der Waals surface area (Å²) in [5.74, 6) is 0.767. The number of nitrogens with one attached hydrogen (secondary N) is 2. The Bertz CT molecular complexity index is 487. The summed E-state index contributed by atoms with van der Waals surface area (Å²) in [6, 6.07) is 0.377. The zero-order valence-electron chi connectivity index (χ0n) is 15.5. The molecule has 0 unspecified atom stereocenters. The van der Waals surface area contributed by atoms with Crippen molar-refractivity contribution in [3.63, 3.8) is 0 Å². The van der Waals surface area contributed by atoms with Gasteiger partial charge in [-0.15, -0.1) is 0 Å². The minimum atomic E-state index is -4.18. The van der Waals surface area contributed by atoms with Gasteiger partial charge in [0.2, 0.25) is 5.91 Å². The molecule has 2 N–H and O–H groups in total. The van der Waals surface area contributed by atoms with Crippen molar-refractivity contribution >= 4 is 11.9 Å². The van der Waals surface area contributed by atoms with Crippen LogP contribution < -0.4 is 10.6 Å². The maximum Gasteiger partial charge on any atom is 0.401 e. The standard InChI is InChI=1S/C16H29F3N6O/c1-20-15(21-5-6-23(2)12-16(17,18)19)25-9-7-24(8-10-25)11-14(26)22-13-3-4-13/h13H,3-12H2,1-2H3,(H,20,21)(H,22,26). The van der Waals surface area contributed by atoms with Crippen molar-refractivity contribution < 1.29 is 18.0 Å². The van der Waals surface area contributed by atoms with Gasteiger partial charge >= 0.3 is 6.18 Å². The zero-order valence-corrected chi connectivity index (χ0v) is 15.5. The number of likely N-dealkylation sites (N-methyl/N-ethyl adjacent to an activating group) is 1. The van der Waals surface area contributed by atoms with Gasteiger partial charge in [0.05, 0.1) is 13.1 Å². The minimum Gasteiger partial charge on any atom is -0.355 e. The number of halogens is 3. The van der Waals surface area contributed by atoms with E-state index in [0.717, 1.165) is 39.0 Å². The molecule has 0 spiro atoms. The second kappa shape index (κ2) is 9.40. The SMILES string of the molecule is CN=C(NCCN(C)CC(F)(F)F)N1CCN(CC(=O)NC2CC2)CC1. The number of amides is 1. The van der Waals surface area contributed by atoms with E-state index in [2.05, 4.69) is 25.4 Å². The molecule has 26 heavy (non-hydrogen) atoms. The molecule has 0 radical (unpaired) electrons. The summed E-state index contributed by atoms with van der Waals surface area (Å²) in [7, 11) is 3.11. The highest BCUT2D eigenvalue weighted by Crippen LogP contribution is 2.18. The fraction of sp³-hybridized carbons (Fsp3) is 0.875. The molecule has 0 aromatic carbocycles. The fourth-order valence-electron chi connectivity index (χ4n) is 2.90. The van der Waals surface area contributed by atoms with Crippen LogP contribution in [0.25, 0.3) is 0 Å². The maximum atomic E-state index is 12.3. The number of piperazine rings is 1. The fourth-order valence-corrected chi connectivity index (χ4v) is 2.90. The normalized spacial score (nSPS) is 19.8. The van der Waals surface area contributed by atoms with E-state index in [-0.39, 0.29) is 12.5 Å². The van der Waals surface area contributed by atoms with Crippen molar-refractivity contribution in [2.75, 3.05) is 66.5 Å². The third-order valence-corrected chi connectivity index (χ3v) is 4.42. The van der Waals surface area contributed by atoms with Crippen LogP contribution in [0.2, 0.25) is 0 Å². The molecule has 0 atom stereocenters. The summed E-state index contributed by atoms with van der Waals surface area (Å²) in [6.07, 6.45) is -2.02. The Morgan fingerprint density at radius 2 is 1.88 bits per heavy atom. The zero-order chi connectivity index (χ0) is 19.2. The topological polar surface area (TPSA) is 63.2 Å². The van der Waals surface area contributed by atoms with E-state index in [0.29, 0.717) is 25.1 Å². The molecule has 10 heteroatoms. The van der Waals surface area contributed by atoms with Gasteiger partial charge in [0, 0.05) is 52.4 Å². The quantitative estimate of drug-likeness (QED) is 0.481. The average molecular weight is 378 g/mol. The van der Waals surface area contributed by atoms with Crippen LogP contribution in [-0.4, -0.2) is 105 Å². The largest absolute Gasteiger partial charge is 0.401 e. The van der Waals surface area contributed by atoms with E-state index in [1.165, 1.54) is 11.9 Å².